The molecule has 8 heteroatoms. The third-order valence-corrected chi connectivity index (χ3v) is 4.94. The molecule has 0 bridgehead atoms. The van der Waals surface area contributed by atoms with Crippen LogP contribution in [0, 0.1) is 20.8 Å². The van der Waals surface area contributed by atoms with Gasteiger partial charge in [0.05, 0.1) is 16.4 Å². The summed E-state index contributed by atoms with van der Waals surface area (Å²) >= 11 is 1.69. The molecule has 2 aromatic heterocycles. The van der Waals surface area contributed by atoms with Crippen molar-refractivity contribution in [1.29, 1.82) is 0 Å². The van der Waals surface area contributed by atoms with Crippen molar-refractivity contribution in [2.75, 3.05) is 13.6 Å². The largest absolute Gasteiger partial charge is 0.356 e. The van der Waals surface area contributed by atoms with Gasteiger partial charge in [0.15, 0.2) is 5.96 Å². The van der Waals surface area contributed by atoms with Crippen molar-refractivity contribution >= 4 is 41.3 Å². The van der Waals surface area contributed by atoms with E-state index in [4.69, 9.17) is 0 Å². The standard InChI is InChI=1S/C17H28N6S.HI/c1-11(9-16-12(2)22-23(6)13(16)3)20-17(18-5)19-8-7-15-10-24-14(4)21-15;/h10-11H,7-9H2,1-6H3,(H2,18,19,20);1H. The number of rotatable bonds is 6. The molecule has 0 radical (unpaired) electrons. The zero-order chi connectivity index (χ0) is 17.7. The average Bonchev–Trinajstić information content (AvgIpc) is 3.05. The quantitative estimate of drug-likeness (QED) is 0.382. The second-order valence-electron chi connectivity index (χ2n) is 6.13. The number of nitrogens with zero attached hydrogens (tertiary/aromatic N) is 4. The third kappa shape index (κ3) is 6.25. The van der Waals surface area contributed by atoms with Crippen molar-refractivity contribution in [3.8, 4) is 0 Å². The second-order valence-corrected chi connectivity index (χ2v) is 7.19. The van der Waals surface area contributed by atoms with E-state index in [1.165, 1.54) is 11.3 Å². The van der Waals surface area contributed by atoms with Gasteiger partial charge in [-0.05, 0) is 39.7 Å². The monoisotopic (exact) mass is 476 g/mol. The first-order chi connectivity index (χ1) is 11.4. The van der Waals surface area contributed by atoms with E-state index in [-0.39, 0.29) is 30.0 Å². The van der Waals surface area contributed by atoms with Gasteiger partial charge in [-0.1, -0.05) is 0 Å². The van der Waals surface area contributed by atoms with Gasteiger partial charge in [-0.2, -0.15) is 5.10 Å². The molecule has 0 saturated carbocycles. The van der Waals surface area contributed by atoms with Gasteiger partial charge in [-0.3, -0.25) is 9.67 Å². The lowest BCUT2D eigenvalue weighted by Gasteiger charge is -2.18. The molecule has 0 aliphatic heterocycles. The number of hydrogen-bond acceptors (Lipinski definition) is 4. The molecule has 0 spiro atoms. The van der Waals surface area contributed by atoms with Gasteiger partial charge >= 0.3 is 0 Å². The van der Waals surface area contributed by atoms with Crippen LogP contribution in [0.5, 0.6) is 0 Å². The molecular weight excluding hydrogens is 447 g/mol. The summed E-state index contributed by atoms with van der Waals surface area (Å²) in [7, 11) is 3.79. The van der Waals surface area contributed by atoms with E-state index in [9.17, 15) is 0 Å². The Hall–Kier alpha value is -1.16. The van der Waals surface area contributed by atoms with Crippen LogP contribution in [0.2, 0.25) is 0 Å². The van der Waals surface area contributed by atoms with Crippen molar-refractivity contribution in [1.82, 2.24) is 25.4 Å². The summed E-state index contributed by atoms with van der Waals surface area (Å²) in [6, 6.07) is 0.277. The highest BCUT2D eigenvalue weighted by Crippen LogP contribution is 2.14. The molecule has 0 aromatic carbocycles. The Balaban J connectivity index is 0.00000312. The fourth-order valence-electron chi connectivity index (χ4n) is 2.73. The third-order valence-electron chi connectivity index (χ3n) is 4.12. The number of halogens is 1. The molecule has 0 saturated heterocycles. The Kier molecular flexibility index (Phi) is 8.84. The molecule has 140 valence electrons. The van der Waals surface area contributed by atoms with Crippen LogP contribution in [0.1, 0.15) is 34.6 Å². The molecule has 6 nitrogen and oxygen atoms in total. The fraction of sp³-hybridized carbons (Fsp3) is 0.588. The van der Waals surface area contributed by atoms with Crippen molar-refractivity contribution in [3.63, 3.8) is 0 Å². The first kappa shape index (κ1) is 21.9. The number of aliphatic imine (C=N–C) groups is 1. The minimum atomic E-state index is 0. The van der Waals surface area contributed by atoms with Crippen LogP contribution in [-0.4, -0.2) is 40.4 Å². The van der Waals surface area contributed by atoms with Crippen LogP contribution in [-0.2, 0) is 19.9 Å². The summed E-state index contributed by atoms with van der Waals surface area (Å²) in [5.41, 5.74) is 4.77. The SMILES string of the molecule is CN=C(NCCc1csc(C)n1)NC(C)Cc1c(C)nn(C)c1C.I. The van der Waals surface area contributed by atoms with Crippen LogP contribution < -0.4 is 10.6 Å². The summed E-state index contributed by atoms with van der Waals surface area (Å²) in [6.45, 7) is 9.21. The number of thiazole rings is 1. The maximum Gasteiger partial charge on any atom is 0.191 e. The number of guanidine groups is 1. The van der Waals surface area contributed by atoms with E-state index < -0.39 is 0 Å². The van der Waals surface area contributed by atoms with Crippen molar-refractivity contribution in [2.45, 2.75) is 46.6 Å². The van der Waals surface area contributed by atoms with E-state index in [1.54, 1.807) is 18.4 Å². The molecule has 2 heterocycles. The van der Waals surface area contributed by atoms with E-state index in [0.717, 1.165) is 41.7 Å². The number of aromatic nitrogens is 3. The molecule has 2 aromatic rings. The van der Waals surface area contributed by atoms with Gasteiger partial charge in [0.1, 0.15) is 0 Å². The topological polar surface area (TPSA) is 67.1 Å². The lowest BCUT2D eigenvalue weighted by atomic mass is 10.1. The first-order valence-electron chi connectivity index (χ1n) is 8.28. The Morgan fingerprint density at radius 2 is 2.08 bits per heavy atom. The number of hydrogen-bond donors (Lipinski definition) is 2. The maximum atomic E-state index is 4.49. The van der Waals surface area contributed by atoms with Crippen LogP contribution in [0.15, 0.2) is 10.4 Å². The molecule has 0 aliphatic rings. The summed E-state index contributed by atoms with van der Waals surface area (Å²) in [5, 5.41) is 14.5. The fourth-order valence-corrected chi connectivity index (χ4v) is 3.38. The van der Waals surface area contributed by atoms with Crippen LogP contribution in [0.4, 0.5) is 0 Å². The highest BCUT2D eigenvalue weighted by molar-refractivity contribution is 14.0. The molecule has 1 unspecified atom stereocenters. The predicted octanol–water partition coefficient (Wildman–Crippen LogP) is 2.76. The highest BCUT2D eigenvalue weighted by atomic mass is 127. The van der Waals surface area contributed by atoms with Gasteiger partial charge < -0.3 is 10.6 Å². The lowest BCUT2D eigenvalue weighted by molar-refractivity contribution is 0.634. The van der Waals surface area contributed by atoms with Gasteiger partial charge in [0.25, 0.3) is 0 Å². The second kappa shape index (κ2) is 10.1. The van der Waals surface area contributed by atoms with Crippen molar-refractivity contribution in [3.05, 3.63) is 33.0 Å². The summed E-state index contributed by atoms with van der Waals surface area (Å²) in [6.07, 6.45) is 1.83. The van der Waals surface area contributed by atoms with Gasteiger partial charge in [-0.15, -0.1) is 35.3 Å². The highest BCUT2D eigenvalue weighted by Gasteiger charge is 2.14. The summed E-state index contributed by atoms with van der Waals surface area (Å²) < 4.78 is 1.94. The maximum absolute atomic E-state index is 4.49. The van der Waals surface area contributed by atoms with Crippen molar-refractivity contribution < 1.29 is 0 Å². The Bertz CT molecular complexity index is 706. The molecule has 25 heavy (non-hydrogen) atoms. The summed E-state index contributed by atoms with van der Waals surface area (Å²) in [5.74, 6) is 0.827. The van der Waals surface area contributed by atoms with Crippen LogP contribution in [0.25, 0.3) is 0 Å². The minimum Gasteiger partial charge on any atom is -0.356 e. The molecule has 0 amide bonds. The molecule has 0 fully saturated rings. The average molecular weight is 476 g/mol. The molecular formula is C17H29IN6S. The van der Waals surface area contributed by atoms with Gasteiger partial charge in [0, 0.05) is 44.2 Å². The predicted molar refractivity (Wildman–Crippen MR) is 116 cm³/mol. The molecule has 2 rings (SSSR count). The van der Waals surface area contributed by atoms with E-state index in [1.807, 2.05) is 18.7 Å². The molecule has 2 N–H and O–H groups in total. The number of aryl methyl sites for hydroxylation is 3. The Morgan fingerprint density at radius 1 is 1.36 bits per heavy atom. The molecule has 0 aliphatic carbocycles. The van der Waals surface area contributed by atoms with E-state index in [0.29, 0.717) is 0 Å². The summed E-state index contributed by atoms with van der Waals surface area (Å²) in [4.78, 5) is 8.79. The van der Waals surface area contributed by atoms with E-state index >= 15 is 0 Å². The van der Waals surface area contributed by atoms with Crippen LogP contribution >= 0.6 is 35.3 Å². The Labute approximate surface area is 171 Å². The Morgan fingerprint density at radius 3 is 2.60 bits per heavy atom. The first-order valence-corrected chi connectivity index (χ1v) is 9.16. The smallest absolute Gasteiger partial charge is 0.191 e. The van der Waals surface area contributed by atoms with Crippen molar-refractivity contribution in [2.24, 2.45) is 12.0 Å². The van der Waals surface area contributed by atoms with Gasteiger partial charge in [0.2, 0.25) is 0 Å². The van der Waals surface area contributed by atoms with E-state index in [2.05, 4.69) is 51.9 Å². The zero-order valence-corrected chi connectivity index (χ0v) is 19.0. The normalized spacial score (nSPS) is 12.6. The lowest BCUT2D eigenvalue weighted by Crippen LogP contribution is -2.43. The zero-order valence-electron chi connectivity index (χ0n) is 15.9. The van der Waals surface area contributed by atoms with Gasteiger partial charge in [-0.25, -0.2) is 4.98 Å². The van der Waals surface area contributed by atoms with Crippen LogP contribution in [0.3, 0.4) is 0 Å². The number of nitrogens with one attached hydrogen (secondary N) is 2. The minimum absolute atomic E-state index is 0. The molecule has 1 atom stereocenters.